The monoisotopic (exact) mass is 382 g/mol. The van der Waals surface area contributed by atoms with Crippen molar-refractivity contribution in [2.45, 2.75) is 19.9 Å². The minimum Gasteiger partial charge on any atom is -0.497 e. The second-order valence-corrected chi connectivity index (χ2v) is 6.97. The van der Waals surface area contributed by atoms with E-state index < -0.39 is 0 Å². The fraction of sp³-hybridized carbons (Fsp3) is 0.238. The number of aryl methyl sites for hydroxylation is 1. The van der Waals surface area contributed by atoms with Crippen molar-refractivity contribution in [2.24, 2.45) is 4.99 Å². The Bertz CT molecular complexity index is 1040. The molecule has 5 nitrogen and oxygen atoms in total. The van der Waals surface area contributed by atoms with Crippen molar-refractivity contribution in [1.82, 2.24) is 4.57 Å². The number of amides is 1. The minimum atomic E-state index is -0.340. The molecule has 0 aliphatic carbocycles. The summed E-state index contributed by atoms with van der Waals surface area (Å²) in [6.07, 6.45) is 2.77. The first-order valence-electron chi connectivity index (χ1n) is 8.65. The molecule has 0 aliphatic heterocycles. The third kappa shape index (κ3) is 3.95. The number of thiazole rings is 1. The van der Waals surface area contributed by atoms with E-state index in [2.05, 4.69) is 36.7 Å². The third-order valence-corrected chi connectivity index (χ3v) is 5.30. The third-order valence-electron chi connectivity index (χ3n) is 4.26. The Morgan fingerprint density at radius 3 is 2.48 bits per heavy atom. The molecule has 1 amide bonds. The van der Waals surface area contributed by atoms with Crippen molar-refractivity contribution < 1.29 is 14.3 Å². The molecule has 0 unspecified atom stereocenters. The summed E-state index contributed by atoms with van der Waals surface area (Å²) in [6, 6.07) is 11.4. The number of carbonyl (C=O) groups is 1. The molecule has 0 atom stereocenters. The number of aromatic nitrogens is 1. The first-order valence-corrected chi connectivity index (χ1v) is 9.46. The first-order chi connectivity index (χ1) is 13.1. The SMILES string of the molecule is C=CCn1c(=NC(=O)c2cc(OC)cc(OC)c2)sc2cc(CC)ccc21. The highest BCUT2D eigenvalue weighted by molar-refractivity contribution is 7.16. The summed E-state index contributed by atoms with van der Waals surface area (Å²) in [4.78, 5) is 17.8. The van der Waals surface area contributed by atoms with Gasteiger partial charge in [-0.05, 0) is 36.2 Å². The highest BCUT2D eigenvalue weighted by atomic mass is 32.1. The summed E-state index contributed by atoms with van der Waals surface area (Å²) in [5.74, 6) is 0.763. The molecular formula is C21H22N2O3S. The van der Waals surface area contributed by atoms with E-state index in [0.29, 0.717) is 28.4 Å². The molecule has 0 radical (unpaired) electrons. The van der Waals surface area contributed by atoms with Crippen molar-refractivity contribution in [1.29, 1.82) is 0 Å². The number of hydrogen-bond donors (Lipinski definition) is 0. The van der Waals surface area contributed by atoms with Crippen LogP contribution < -0.4 is 14.3 Å². The number of methoxy groups -OCH3 is 2. The van der Waals surface area contributed by atoms with E-state index in [1.165, 1.54) is 16.9 Å². The zero-order valence-corrected chi connectivity index (χ0v) is 16.5. The van der Waals surface area contributed by atoms with Crippen LogP contribution in [0.4, 0.5) is 0 Å². The Balaban J connectivity index is 2.13. The predicted octanol–water partition coefficient (Wildman–Crippen LogP) is 4.21. The number of hydrogen-bond acceptors (Lipinski definition) is 4. The van der Waals surface area contributed by atoms with Crippen LogP contribution in [0.2, 0.25) is 0 Å². The molecule has 1 aromatic heterocycles. The van der Waals surface area contributed by atoms with Gasteiger partial charge in [-0.2, -0.15) is 4.99 Å². The average molecular weight is 382 g/mol. The lowest BCUT2D eigenvalue weighted by Crippen LogP contribution is -2.16. The largest absolute Gasteiger partial charge is 0.497 e. The molecule has 0 aliphatic rings. The molecule has 0 fully saturated rings. The highest BCUT2D eigenvalue weighted by Gasteiger charge is 2.12. The zero-order chi connectivity index (χ0) is 19.4. The summed E-state index contributed by atoms with van der Waals surface area (Å²) in [6.45, 7) is 6.53. The number of fused-ring (bicyclic) bond motifs is 1. The van der Waals surface area contributed by atoms with Crippen LogP contribution in [0.25, 0.3) is 10.2 Å². The Hall–Kier alpha value is -2.86. The molecule has 27 heavy (non-hydrogen) atoms. The fourth-order valence-corrected chi connectivity index (χ4v) is 3.91. The topological polar surface area (TPSA) is 52.8 Å². The minimum absolute atomic E-state index is 0.340. The number of benzene rings is 2. The first kappa shape index (κ1) is 18.9. The second-order valence-electron chi connectivity index (χ2n) is 5.96. The predicted molar refractivity (Wildman–Crippen MR) is 109 cm³/mol. The molecule has 2 aromatic carbocycles. The molecule has 0 saturated heterocycles. The van der Waals surface area contributed by atoms with Gasteiger partial charge in [-0.15, -0.1) is 6.58 Å². The van der Waals surface area contributed by atoms with Crippen LogP contribution in [0.3, 0.4) is 0 Å². The number of allylic oxidation sites excluding steroid dienone is 1. The van der Waals surface area contributed by atoms with Crippen LogP contribution in [0, 0.1) is 0 Å². The number of nitrogens with zero attached hydrogens (tertiary/aromatic N) is 2. The van der Waals surface area contributed by atoms with Crippen LogP contribution in [-0.2, 0) is 13.0 Å². The van der Waals surface area contributed by atoms with Crippen molar-refractivity contribution in [3.8, 4) is 11.5 Å². The Labute approximate surface area is 162 Å². The van der Waals surface area contributed by atoms with E-state index in [0.717, 1.165) is 16.6 Å². The summed E-state index contributed by atoms with van der Waals surface area (Å²) in [5.41, 5.74) is 2.72. The maximum Gasteiger partial charge on any atom is 0.279 e. The molecule has 1 heterocycles. The number of rotatable bonds is 6. The smallest absolute Gasteiger partial charge is 0.279 e. The van der Waals surface area contributed by atoms with Gasteiger partial charge in [-0.1, -0.05) is 30.4 Å². The summed E-state index contributed by atoms with van der Waals surface area (Å²) in [5, 5.41) is 0. The van der Waals surface area contributed by atoms with Crippen molar-refractivity contribution in [2.75, 3.05) is 14.2 Å². The summed E-state index contributed by atoms with van der Waals surface area (Å²) in [7, 11) is 3.10. The van der Waals surface area contributed by atoms with E-state index in [1.807, 2.05) is 4.57 Å². The average Bonchev–Trinajstić information content (AvgIpc) is 3.03. The van der Waals surface area contributed by atoms with Gasteiger partial charge < -0.3 is 14.0 Å². The molecule has 0 spiro atoms. The van der Waals surface area contributed by atoms with Crippen LogP contribution in [0.5, 0.6) is 11.5 Å². The Morgan fingerprint density at radius 1 is 1.19 bits per heavy atom. The van der Waals surface area contributed by atoms with Gasteiger partial charge in [-0.25, -0.2) is 0 Å². The molecule has 140 valence electrons. The van der Waals surface area contributed by atoms with E-state index >= 15 is 0 Å². The molecule has 6 heteroatoms. The van der Waals surface area contributed by atoms with Gasteiger partial charge in [0, 0.05) is 18.2 Å². The van der Waals surface area contributed by atoms with Gasteiger partial charge in [0.25, 0.3) is 5.91 Å². The van der Waals surface area contributed by atoms with Crippen LogP contribution in [-0.4, -0.2) is 24.7 Å². The quantitative estimate of drug-likeness (QED) is 0.600. The van der Waals surface area contributed by atoms with E-state index in [1.54, 1.807) is 38.5 Å². The van der Waals surface area contributed by atoms with E-state index in [-0.39, 0.29) is 5.91 Å². The molecule has 0 saturated carbocycles. The van der Waals surface area contributed by atoms with E-state index in [4.69, 9.17) is 9.47 Å². The molecule has 3 aromatic rings. The number of carbonyl (C=O) groups excluding carboxylic acids is 1. The van der Waals surface area contributed by atoms with Crippen LogP contribution >= 0.6 is 11.3 Å². The Kier molecular flexibility index (Phi) is 5.76. The normalized spacial score (nSPS) is 11.6. The lowest BCUT2D eigenvalue weighted by atomic mass is 10.2. The van der Waals surface area contributed by atoms with Gasteiger partial charge in [0.15, 0.2) is 4.80 Å². The maximum atomic E-state index is 12.8. The molecular weight excluding hydrogens is 360 g/mol. The lowest BCUT2D eigenvalue weighted by Gasteiger charge is -2.06. The zero-order valence-electron chi connectivity index (χ0n) is 15.7. The Morgan fingerprint density at radius 2 is 1.89 bits per heavy atom. The van der Waals surface area contributed by atoms with Gasteiger partial charge >= 0.3 is 0 Å². The summed E-state index contributed by atoms with van der Waals surface area (Å²) >= 11 is 1.50. The van der Waals surface area contributed by atoms with Crippen molar-refractivity contribution >= 4 is 27.5 Å². The van der Waals surface area contributed by atoms with Gasteiger partial charge in [0.2, 0.25) is 0 Å². The van der Waals surface area contributed by atoms with Gasteiger partial charge in [0.05, 0.1) is 24.4 Å². The standard InChI is InChI=1S/C21H22N2O3S/c1-5-9-23-18-8-7-14(6-2)10-19(18)27-21(23)22-20(24)15-11-16(25-3)13-17(12-15)26-4/h5,7-8,10-13H,1,6,9H2,2-4H3. The van der Waals surface area contributed by atoms with Gasteiger partial charge in [-0.3, -0.25) is 4.79 Å². The van der Waals surface area contributed by atoms with Gasteiger partial charge in [0.1, 0.15) is 11.5 Å². The van der Waals surface area contributed by atoms with Crippen molar-refractivity contribution in [3.05, 3.63) is 65.0 Å². The molecule has 0 N–H and O–H groups in total. The summed E-state index contributed by atoms with van der Waals surface area (Å²) < 4.78 is 13.6. The lowest BCUT2D eigenvalue weighted by molar-refractivity contribution is 0.0997. The molecule has 0 bridgehead atoms. The molecule has 3 rings (SSSR count). The number of ether oxygens (including phenoxy) is 2. The van der Waals surface area contributed by atoms with E-state index in [9.17, 15) is 4.79 Å². The maximum absolute atomic E-state index is 12.8. The fourth-order valence-electron chi connectivity index (χ4n) is 2.81. The highest BCUT2D eigenvalue weighted by Crippen LogP contribution is 2.23. The van der Waals surface area contributed by atoms with Crippen molar-refractivity contribution in [3.63, 3.8) is 0 Å². The van der Waals surface area contributed by atoms with Crippen LogP contribution in [0.15, 0.2) is 54.0 Å². The van der Waals surface area contributed by atoms with Crippen LogP contribution in [0.1, 0.15) is 22.8 Å². The second kappa shape index (κ2) is 8.22.